The molecule has 2 aliphatic rings. The Bertz CT molecular complexity index is 1270. The molecule has 2 fully saturated rings. The van der Waals surface area contributed by atoms with E-state index in [0.717, 1.165) is 43.1 Å². The molecule has 2 radical (unpaired) electrons. The molecule has 0 amide bonds. The number of nitro groups is 2. The molecule has 0 aliphatic carbocycles. The SMILES string of the molecule is C[N+](=O)[O-].C[Si]1(/C=C/C(=O)OCc2ccccc2)CCCCC1.C[Si]1(C(CC(=O)OCc2ccccc2)C[N+](=O)[O-])CCCCC1.[2H][B].[U]. The Morgan fingerprint density at radius 3 is 1.73 bits per heavy atom. The Balaban J connectivity index is 0.000000805. The van der Waals surface area contributed by atoms with Crippen LogP contribution in [-0.2, 0) is 32.3 Å². The smallest absolute Gasteiger partial charge is 0.330 e. The molecule has 1 atom stereocenters. The first-order valence-electron chi connectivity index (χ1n) is 16.8. The van der Waals surface area contributed by atoms with Crippen molar-refractivity contribution >= 4 is 36.5 Å². The molecule has 0 bridgehead atoms. The van der Waals surface area contributed by atoms with E-state index in [-0.39, 0.29) is 73.1 Å². The number of benzene rings is 2. The normalized spacial score (nSPS) is 16.6. The molecular weight excluding hydrogens is 869 g/mol. The summed E-state index contributed by atoms with van der Waals surface area (Å²) in [6, 6.07) is 24.1. The maximum Gasteiger partial charge on any atom is 0.330 e. The fourth-order valence-corrected chi connectivity index (χ4v) is 13.7. The quantitative estimate of drug-likeness (QED) is 0.0750. The molecule has 2 aromatic carbocycles. The number of carbonyl (C=O) groups excluding carboxylic acids is 2. The van der Waals surface area contributed by atoms with Gasteiger partial charge in [-0.25, -0.2) is 4.79 Å². The Labute approximate surface area is 314 Å². The van der Waals surface area contributed by atoms with Crippen LogP contribution in [0.5, 0.6) is 0 Å². The van der Waals surface area contributed by atoms with Gasteiger partial charge in [0.25, 0.3) is 0 Å². The fraction of sp³-hybridized carbons (Fsp3) is 0.529. The number of hydrogen-bond acceptors (Lipinski definition) is 8. The maximum absolute atomic E-state index is 12.2. The zero-order chi connectivity index (χ0) is 35.8. The van der Waals surface area contributed by atoms with Gasteiger partial charge < -0.3 is 9.47 Å². The first-order valence-corrected chi connectivity index (χ1v) is 22.2. The molecule has 0 saturated carbocycles. The minimum Gasteiger partial charge on any atom is -0.461 e. The predicted molar refractivity (Wildman–Crippen MR) is 192 cm³/mol. The molecule has 260 valence electrons. The van der Waals surface area contributed by atoms with E-state index in [0.29, 0.717) is 6.61 Å². The van der Waals surface area contributed by atoms with Gasteiger partial charge in [0.2, 0.25) is 6.54 Å². The van der Waals surface area contributed by atoms with E-state index in [9.17, 15) is 19.7 Å². The van der Waals surface area contributed by atoms with Crippen molar-refractivity contribution < 1.29 is 60.0 Å². The van der Waals surface area contributed by atoms with E-state index in [2.05, 4.69) is 27.2 Å². The maximum atomic E-state index is 12.2. The van der Waals surface area contributed by atoms with Crippen molar-refractivity contribution in [3.63, 3.8) is 0 Å². The molecule has 0 aromatic heterocycles. The predicted octanol–water partition coefficient (Wildman–Crippen LogP) is 7.36. The summed E-state index contributed by atoms with van der Waals surface area (Å²) in [6.45, 7) is 5.10. The van der Waals surface area contributed by atoms with Gasteiger partial charge in [0, 0.05) is 61.0 Å². The van der Waals surface area contributed by atoms with Crippen LogP contribution in [0.1, 0.15) is 56.1 Å². The van der Waals surface area contributed by atoms with Crippen LogP contribution in [0.4, 0.5) is 0 Å². The molecule has 2 saturated heterocycles. The third-order valence-electron chi connectivity index (χ3n) is 8.85. The summed E-state index contributed by atoms with van der Waals surface area (Å²) in [4.78, 5) is 43.0. The van der Waals surface area contributed by atoms with Crippen LogP contribution in [0.25, 0.3) is 0 Å². The average molecular weight is 922 g/mol. The molecule has 48 heavy (non-hydrogen) atoms. The van der Waals surface area contributed by atoms with Crippen molar-refractivity contribution in [2.75, 3.05) is 13.6 Å². The van der Waals surface area contributed by atoms with Gasteiger partial charge in [-0.05, 0) is 12.5 Å². The standard InChI is InChI=1S/C17H25NO4Si.C16H22O2Si.CH3NO2.BH.U/c1-23(10-6-3-7-11-23)16(13-18(20)21)12-17(19)22-14-15-8-4-2-5-9-15;1-19(11-6-3-7-12-19)13-10-16(17)18-14-15-8-4-2-5-9-15;1-2(3)4;;/h2,4-5,8-9,16H,3,6-7,10-14H2,1H3;2,4-5,8-10,13H,3,6-7,11-12,14H2,1H3;1H3;1H;/b;13-10+;;;/i;;;1D;. The van der Waals surface area contributed by atoms with E-state index >= 15 is 0 Å². The summed E-state index contributed by atoms with van der Waals surface area (Å²) in [5.74, 6) is -0.511. The molecule has 0 spiro atoms. The van der Waals surface area contributed by atoms with Crippen molar-refractivity contribution in [2.45, 2.75) is 101 Å². The third-order valence-corrected chi connectivity index (χ3v) is 18.2. The monoisotopic (exact) mass is 921 g/mol. The largest absolute Gasteiger partial charge is 0.461 e. The number of rotatable bonds is 11. The number of hydrogen-bond donors (Lipinski definition) is 0. The van der Waals surface area contributed by atoms with Crippen LogP contribution in [-0.4, -0.2) is 61.2 Å². The van der Waals surface area contributed by atoms with Crippen LogP contribution in [0.3, 0.4) is 0 Å². The van der Waals surface area contributed by atoms with Crippen LogP contribution in [0.15, 0.2) is 72.4 Å². The Hall–Kier alpha value is -2.53. The van der Waals surface area contributed by atoms with Gasteiger partial charge >= 0.3 is 11.9 Å². The van der Waals surface area contributed by atoms with Gasteiger partial charge in [0.05, 0.1) is 22.6 Å². The fourth-order valence-electron chi connectivity index (χ4n) is 6.05. The second kappa shape index (κ2) is 24.6. The van der Waals surface area contributed by atoms with Crippen molar-refractivity contribution in [3.05, 3.63) is 104 Å². The Kier molecular flexibility index (Phi) is 22.3. The van der Waals surface area contributed by atoms with Gasteiger partial charge in [-0.1, -0.05) is 142 Å². The summed E-state index contributed by atoms with van der Waals surface area (Å²) in [6.07, 6.45) is 9.38. The van der Waals surface area contributed by atoms with Gasteiger partial charge in [0.1, 0.15) is 13.2 Å². The van der Waals surface area contributed by atoms with Crippen LogP contribution in [0, 0.1) is 51.3 Å². The third kappa shape index (κ3) is 19.5. The summed E-state index contributed by atoms with van der Waals surface area (Å²) in [5, 5.41) is 19.8. The Morgan fingerprint density at radius 2 is 1.27 bits per heavy atom. The first kappa shape index (κ1) is 43.5. The number of esters is 2. The van der Waals surface area contributed by atoms with E-state index in [1.54, 1.807) is 6.08 Å². The summed E-state index contributed by atoms with van der Waals surface area (Å²) in [5.41, 5.74) is 4.04. The first-order chi connectivity index (χ1) is 22.9. The number of carbonyl (C=O) groups is 2. The molecule has 10 nitrogen and oxygen atoms in total. The average Bonchev–Trinajstić information content (AvgIpc) is 3.08. The molecule has 2 aromatic rings. The van der Waals surface area contributed by atoms with Crippen LogP contribution < -0.4 is 0 Å². The summed E-state index contributed by atoms with van der Waals surface area (Å²) < 4.78 is 15.8. The van der Waals surface area contributed by atoms with E-state index < -0.39 is 21.1 Å². The van der Waals surface area contributed by atoms with E-state index in [4.69, 9.17) is 20.9 Å². The Morgan fingerprint density at radius 1 is 0.833 bits per heavy atom. The van der Waals surface area contributed by atoms with Crippen LogP contribution >= 0.6 is 0 Å². The van der Waals surface area contributed by atoms with Crippen molar-refractivity contribution in [2.24, 2.45) is 0 Å². The van der Waals surface area contributed by atoms with Gasteiger partial charge in [0.15, 0.2) is 7.05 Å². The second-order valence-electron chi connectivity index (χ2n) is 12.9. The molecule has 2 aliphatic heterocycles. The van der Waals surface area contributed by atoms with Gasteiger partial charge in [-0.2, -0.15) is 0 Å². The summed E-state index contributed by atoms with van der Waals surface area (Å²) >= 11 is 0. The molecule has 0 N–H and O–H groups in total. The number of nitrogens with zero attached hydrogens (tertiary/aromatic N) is 2. The minimum atomic E-state index is -1.74. The summed E-state index contributed by atoms with van der Waals surface area (Å²) in [7, 11) is 1.61. The van der Waals surface area contributed by atoms with Crippen molar-refractivity contribution in [1.29, 1.82) is 1.34 Å². The molecular formula is C34H51BN2O8Si2U. The van der Waals surface area contributed by atoms with Crippen LogP contribution in [0.2, 0.25) is 42.8 Å². The molecule has 14 heteroatoms. The topological polar surface area (TPSA) is 139 Å². The van der Waals surface area contributed by atoms with Gasteiger partial charge in [-0.15, -0.1) is 0 Å². The van der Waals surface area contributed by atoms with Crippen molar-refractivity contribution in [3.8, 4) is 0 Å². The van der Waals surface area contributed by atoms with Crippen molar-refractivity contribution in [1.82, 2.24) is 0 Å². The van der Waals surface area contributed by atoms with E-state index in [1.165, 1.54) is 37.8 Å². The zero-order valence-corrected chi connectivity index (χ0v) is 34.8. The zero-order valence-electron chi connectivity index (χ0n) is 29.6. The number of ether oxygens (including phenoxy) is 2. The van der Waals surface area contributed by atoms with E-state index in [1.807, 2.05) is 60.7 Å². The molecule has 4 rings (SSSR count). The second-order valence-corrected chi connectivity index (χ2v) is 22.6. The van der Waals surface area contributed by atoms with Gasteiger partial charge in [-0.3, -0.25) is 25.0 Å². The molecule has 1 unspecified atom stereocenters. The minimum absolute atomic E-state index is 0. The molecule has 2 heterocycles.